The molecule has 1 unspecified atom stereocenters. The molecule has 3 N–H and O–H groups in total. The molecule has 0 heterocycles. The average Bonchev–Trinajstić information content (AvgIpc) is 2.49. The molecule has 0 radical (unpaired) electrons. The quantitative estimate of drug-likeness (QED) is 0.835. The van der Waals surface area contributed by atoms with Crippen LogP contribution in [-0.2, 0) is 5.54 Å². The number of para-hydroxylation sites is 1. The fourth-order valence-corrected chi connectivity index (χ4v) is 1.95. The van der Waals surface area contributed by atoms with Crippen molar-refractivity contribution >= 4 is 0 Å². The van der Waals surface area contributed by atoms with Gasteiger partial charge in [0.05, 0.1) is 18.8 Å². The second kappa shape index (κ2) is 6.36. The Balaban J connectivity index is 1.96. The van der Waals surface area contributed by atoms with Crippen LogP contribution in [0.15, 0.2) is 60.7 Å². The van der Waals surface area contributed by atoms with E-state index in [4.69, 9.17) is 10.5 Å². The van der Waals surface area contributed by atoms with Gasteiger partial charge in [0.25, 0.3) is 0 Å². The van der Waals surface area contributed by atoms with Gasteiger partial charge in [0.15, 0.2) is 0 Å². The Morgan fingerprint density at radius 3 is 2.11 bits per heavy atom. The molecule has 19 heavy (non-hydrogen) atoms. The smallest absolute Gasteiger partial charge is 0.119 e. The zero-order valence-electron chi connectivity index (χ0n) is 10.8. The average molecular weight is 257 g/mol. The third-order valence-electron chi connectivity index (χ3n) is 3.19. The van der Waals surface area contributed by atoms with Crippen LogP contribution in [0.1, 0.15) is 12.0 Å². The second-order valence-electron chi connectivity index (χ2n) is 4.59. The number of rotatable bonds is 6. The molecule has 3 nitrogen and oxygen atoms in total. The molecule has 0 aliphatic rings. The van der Waals surface area contributed by atoms with Gasteiger partial charge in [0.2, 0.25) is 0 Å². The SMILES string of the molecule is NC(CO)(CCOc1ccccc1)c1ccccc1. The molecule has 0 fully saturated rings. The summed E-state index contributed by atoms with van der Waals surface area (Å²) in [6.07, 6.45) is 0.558. The Labute approximate surface area is 113 Å². The molecule has 0 aliphatic carbocycles. The number of hydrogen-bond acceptors (Lipinski definition) is 3. The highest BCUT2D eigenvalue weighted by Gasteiger charge is 2.26. The van der Waals surface area contributed by atoms with E-state index in [0.29, 0.717) is 13.0 Å². The Bertz CT molecular complexity index is 487. The fourth-order valence-electron chi connectivity index (χ4n) is 1.95. The lowest BCUT2D eigenvalue weighted by Gasteiger charge is -2.27. The van der Waals surface area contributed by atoms with E-state index in [1.165, 1.54) is 0 Å². The Kier molecular flexibility index (Phi) is 4.55. The molecule has 3 heteroatoms. The van der Waals surface area contributed by atoms with Crippen LogP contribution in [0.4, 0.5) is 0 Å². The molecule has 0 bridgehead atoms. The van der Waals surface area contributed by atoms with Gasteiger partial charge < -0.3 is 15.6 Å². The van der Waals surface area contributed by atoms with Crippen molar-refractivity contribution < 1.29 is 9.84 Å². The predicted molar refractivity (Wildman–Crippen MR) is 75.9 cm³/mol. The van der Waals surface area contributed by atoms with Crippen molar-refractivity contribution in [2.75, 3.05) is 13.2 Å². The maximum atomic E-state index is 9.56. The third kappa shape index (κ3) is 3.56. The van der Waals surface area contributed by atoms with Gasteiger partial charge in [-0.15, -0.1) is 0 Å². The van der Waals surface area contributed by atoms with Gasteiger partial charge in [-0.1, -0.05) is 48.5 Å². The van der Waals surface area contributed by atoms with Crippen LogP contribution in [0.25, 0.3) is 0 Å². The van der Waals surface area contributed by atoms with Crippen molar-refractivity contribution in [3.05, 3.63) is 66.2 Å². The number of aliphatic hydroxyl groups excluding tert-OH is 1. The molecular formula is C16H19NO2. The molecule has 0 aromatic heterocycles. The first-order valence-corrected chi connectivity index (χ1v) is 6.38. The minimum Gasteiger partial charge on any atom is -0.494 e. The van der Waals surface area contributed by atoms with E-state index in [0.717, 1.165) is 11.3 Å². The van der Waals surface area contributed by atoms with E-state index in [9.17, 15) is 5.11 Å². The van der Waals surface area contributed by atoms with Gasteiger partial charge in [-0.3, -0.25) is 0 Å². The van der Waals surface area contributed by atoms with E-state index in [1.807, 2.05) is 60.7 Å². The van der Waals surface area contributed by atoms with Crippen LogP contribution in [0, 0.1) is 0 Å². The largest absolute Gasteiger partial charge is 0.494 e. The van der Waals surface area contributed by atoms with E-state index < -0.39 is 5.54 Å². The minimum atomic E-state index is -0.754. The maximum Gasteiger partial charge on any atom is 0.119 e. The summed E-state index contributed by atoms with van der Waals surface area (Å²) >= 11 is 0. The van der Waals surface area contributed by atoms with Crippen molar-refractivity contribution in [2.45, 2.75) is 12.0 Å². The lowest BCUT2D eigenvalue weighted by atomic mass is 9.89. The Morgan fingerprint density at radius 1 is 0.947 bits per heavy atom. The molecule has 100 valence electrons. The Morgan fingerprint density at radius 2 is 1.53 bits per heavy atom. The normalized spacial score (nSPS) is 13.8. The molecule has 2 aromatic carbocycles. The lowest BCUT2D eigenvalue weighted by molar-refractivity contribution is 0.162. The monoisotopic (exact) mass is 257 g/mol. The summed E-state index contributed by atoms with van der Waals surface area (Å²) in [5.74, 6) is 0.816. The molecule has 0 saturated heterocycles. The molecule has 2 rings (SSSR count). The highest BCUT2D eigenvalue weighted by atomic mass is 16.5. The summed E-state index contributed by atoms with van der Waals surface area (Å²) in [5, 5.41) is 9.56. The molecule has 0 amide bonds. The summed E-state index contributed by atoms with van der Waals surface area (Å²) < 4.78 is 5.63. The lowest BCUT2D eigenvalue weighted by Crippen LogP contribution is -2.41. The zero-order valence-corrected chi connectivity index (χ0v) is 10.8. The summed E-state index contributed by atoms with van der Waals surface area (Å²) in [7, 11) is 0. The number of ether oxygens (including phenoxy) is 1. The van der Waals surface area contributed by atoms with Gasteiger partial charge in [-0.2, -0.15) is 0 Å². The first kappa shape index (κ1) is 13.6. The van der Waals surface area contributed by atoms with Crippen molar-refractivity contribution in [3.63, 3.8) is 0 Å². The molecule has 2 aromatic rings. The standard InChI is InChI=1S/C16H19NO2/c17-16(13-18,14-7-3-1-4-8-14)11-12-19-15-9-5-2-6-10-15/h1-10,18H,11-13,17H2. The van der Waals surface area contributed by atoms with Crippen LogP contribution in [0.2, 0.25) is 0 Å². The fraction of sp³-hybridized carbons (Fsp3) is 0.250. The third-order valence-corrected chi connectivity index (χ3v) is 3.19. The van der Waals surface area contributed by atoms with Gasteiger partial charge in [-0.05, 0) is 17.7 Å². The van der Waals surface area contributed by atoms with Gasteiger partial charge >= 0.3 is 0 Å². The summed E-state index contributed by atoms with van der Waals surface area (Å²) in [4.78, 5) is 0. The number of benzene rings is 2. The molecular weight excluding hydrogens is 238 g/mol. The molecule has 1 atom stereocenters. The number of hydrogen-bond donors (Lipinski definition) is 2. The maximum absolute atomic E-state index is 9.56. The van der Waals surface area contributed by atoms with Crippen molar-refractivity contribution in [1.82, 2.24) is 0 Å². The van der Waals surface area contributed by atoms with E-state index >= 15 is 0 Å². The minimum absolute atomic E-state index is 0.102. The molecule has 0 saturated carbocycles. The van der Waals surface area contributed by atoms with Crippen molar-refractivity contribution in [3.8, 4) is 5.75 Å². The predicted octanol–water partition coefficient (Wildman–Crippen LogP) is 2.30. The van der Waals surface area contributed by atoms with Crippen LogP contribution >= 0.6 is 0 Å². The van der Waals surface area contributed by atoms with E-state index in [2.05, 4.69) is 0 Å². The van der Waals surface area contributed by atoms with Gasteiger partial charge in [-0.25, -0.2) is 0 Å². The van der Waals surface area contributed by atoms with E-state index in [1.54, 1.807) is 0 Å². The highest BCUT2D eigenvalue weighted by Crippen LogP contribution is 2.22. The number of nitrogens with two attached hydrogens (primary N) is 1. The first-order valence-electron chi connectivity index (χ1n) is 6.38. The van der Waals surface area contributed by atoms with Crippen molar-refractivity contribution in [1.29, 1.82) is 0 Å². The van der Waals surface area contributed by atoms with E-state index in [-0.39, 0.29) is 6.61 Å². The van der Waals surface area contributed by atoms with Crippen LogP contribution in [-0.4, -0.2) is 18.3 Å². The van der Waals surface area contributed by atoms with Crippen LogP contribution in [0.5, 0.6) is 5.75 Å². The summed E-state index contributed by atoms with van der Waals surface area (Å²) in [5.41, 5.74) is 6.42. The first-order chi connectivity index (χ1) is 9.24. The molecule has 0 aliphatic heterocycles. The zero-order chi connectivity index (χ0) is 13.6. The highest BCUT2D eigenvalue weighted by molar-refractivity contribution is 5.24. The second-order valence-corrected chi connectivity index (χ2v) is 4.59. The Hall–Kier alpha value is -1.84. The summed E-state index contributed by atoms with van der Waals surface area (Å²) in [6, 6.07) is 19.2. The number of aliphatic hydroxyl groups is 1. The topological polar surface area (TPSA) is 55.5 Å². The van der Waals surface area contributed by atoms with Crippen LogP contribution < -0.4 is 10.5 Å². The molecule has 0 spiro atoms. The van der Waals surface area contributed by atoms with Gasteiger partial charge in [0, 0.05) is 6.42 Å². The van der Waals surface area contributed by atoms with Crippen LogP contribution in [0.3, 0.4) is 0 Å². The summed E-state index contributed by atoms with van der Waals surface area (Å²) in [6.45, 7) is 0.366. The van der Waals surface area contributed by atoms with Crippen molar-refractivity contribution in [2.24, 2.45) is 5.73 Å². The van der Waals surface area contributed by atoms with Gasteiger partial charge in [0.1, 0.15) is 5.75 Å².